The molecule has 1 atom stereocenters. The van der Waals surface area contributed by atoms with Gasteiger partial charge in [0.25, 0.3) is 0 Å². The Hall–Kier alpha value is -2.81. The molecule has 0 spiro atoms. The number of thiazole rings is 1. The van der Waals surface area contributed by atoms with Gasteiger partial charge in [0.1, 0.15) is 10.8 Å². The van der Waals surface area contributed by atoms with E-state index in [1.165, 1.54) is 22.4 Å². The molecule has 26 heavy (non-hydrogen) atoms. The molecule has 0 saturated carbocycles. The normalized spacial score (nSPS) is 16.8. The predicted molar refractivity (Wildman–Crippen MR) is 92.5 cm³/mol. The number of benzene rings is 1. The zero-order valence-electron chi connectivity index (χ0n) is 13.9. The van der Waals surface area contributed by atoms with Gasteiger partial charge in [-0.1, -0.05) is 6.07 Å². The Bertz CT molecular complexity index is 883. The number of aryl methyl sites for hydroxylation is 1. The summed E-state index contributed by atoms with van der Waals surface area (Å²) in [5.74, 6) is -2.88. The maximum Gasteiger partial charge on any atom is 0.355 e. The average Bonchev–Trinajstić information content (AvgIpc) is 3.20. The van der Waals surface area contributed by atoms with Crippen LogP contribution in [0.2, 0.25) is 0 Å². The molecule has 0 bridgehead atoms. The van der Waals surface area contributed by atoms with E-state index in [-0.39, 0.29) is 42.7 Å². The molecule has 9 heteroatoms. The third-order valence-corrected chi connectivity index (χ3v) is 4.92. The number of aromatic carboxylic acids is 1. The Balaban J connectivity index is 1.62. The van der Waals surface area contributed by atoms with Crippen LogP contribution in [0.3, 0.4) is 0 Å². The summed E-state index contributed by atoms with van der Waals surface area (Å²) in [7, 11) is 0. The summed E-state index contributed by atoms with van der Waals surface area (Å²) < 4.78 is 14.1. The molecule has 7 nitrogen and oxygen atoms in total. The van der Waals surface area contributed by atoms with Crippen molar-refractivity contribution in [1.29, 1.82) is 0 Å². The lowest BCUT2D eigenvalue weighted by molar-refractivity contribution is -0.126. The number of hydrogen-bond acceptors (Lipinski definition) is 5. The highest BCUT2D eigenvalue weighted by Crippen LogP contribution is 2.28. The number of anilines is 1. The van der Waals surface area contributed by atoms with Gasteiger partial charge in [0.15, 0.2) is 5.69 Å². The molecule has 0 aliphatic carbocycles. The van der Waals surface area contributed by atoms with Gasteiger partial charge in [-0.3, -0.25) is 9.59 Å². The molecule has 2 amide bonds. The van der Waals surface area contributed by atoms with Crippen LogP contribution in [0, 0.1) is 18.7 Å². The first-order chi connectivity index (χ1) is 12.3. The second-order valence-corrected chi connectivity index (χ2v) is 6.95. The van der Waals surface area contributed by atoms with Crippen LogP contribution in [0.1, 0.15) is 27.5 Å². The minimum Gasteiger partial charge on any atom is -0.476 e. The number of carboxylic acid groups (broad SMARTS) is 1. The maximum absolute atomic E-state index is 14.1. The summed E-state index contributed by atoms with van der Waals surface area (Å²) in [6, 6.07) is 4.59. The third kappa shape index (κ3) is 3.72. The second-order valence-electron chi connectivity index (χ2n) is 6.01. The van der Waals surface area contributed by atoms with Crippen molar-refractivity contribution in [2.24, 2.45) is 5.92 Å². The average molecular weight is 377 g/mol. The highest BCUT2D eigenvalue weighted by atomic mass is 32.1. The van der Waals surface area contributed by atoms with Crippen molar-refractivity contribution in [3.05, 3.63) is 45.7 Å². The molecular formula is C17H16FN3O4S. The van der Waals surface area contributed by atoms with Crippen LogP contribution in [-0.2, 0) is 16.1 Å². The fraction of sp³-hybridized carbons (Fsp3) is 0.294. The van der Waals surface area contributed by atoms with Gasteiger partial charge in [-0.15, -0.1) is 11.3 Å². The zero-order valence-corrected chi connectivity index (χ0v) is 14.7. The van der Waals surface area contributed by atoms with Gasteiger partial charge in [-0.2, -0.15) is 0 Å². The first-order valence-electron chi connectivity index (χ1n) is 7.87. The molecule has 0 unspecified atom stereocenters. The van der Waals surface area contributed by atoms with Crippen LogP contribution in [0.4, 0.5) is 10.1 Å². The molecule has 1 fully saturated rings. The molecule has 2 N–H and O–H groups in total. The summed E-state index contributed by atoms with van der Waals surface area (Å²) in [5.41, 5.74) is 0.842. The van der Waals surface area contributed by atoms with E-state index >= 15 is 0 Å². The molecule has 2 heterocycles. The highest BCUT2D eigenvalue weighted by Gasteiger charge is 2.36. The van der Waals surface area contributed by atoms with E-state index in [2.05, 4.69) is 10.3 Å². The van der Waals surface area contributed by atoms with Gasteiger partial charge in [0.2, 0.25) is 11.8 Å². The van der Waals surface area contributed by atoms with Crippen molar-refractivity contribution in [3.8, 4) is 0 Å². The summed E-state index contributed by atoms with van der Waals surface area (Å²) in [4.78, 5) is 40.4. The van der Waals surface area contributed by atoms with Crippen LogP contribution in [-0.4, -0.2) is 34.4 Å². The van der Waals surface area contributed by atoms with Crippen LogP contribution >= 0.6 is 11.3 Å². The Morgan fingerprint density at radius 3 is 2.88 bits per heavy atom. The van der Waals surface area contributed by atoms with Crippen molar-refractivity contribution in [2.45, 2.75) is 19.9 Å². The van der Waals surface area contributed by atoms with Crippen LogP contribution in [0.5, 0.6) is 0 Å². The van der Waals surface area contributed by atoms with Gasteiger partial charge in [-0.05, 0) is 24.6 Å². The summed E-state index contributed by atoms with van der Waals surface area (Å²) in [5, 5.41) is 13.3. The van der Waals surface area contributed by atoms with E-state index in [1.54, 1.807) is 13.0 Å². The van der Waals surface area contributed by atoms with Crippen molar-refractivity contribution in [1.82, 2.24) is 10.3 Å². The SMILES string of the molecule is Cc1ccc(N2C[C@H](C(=O)NCc3nc(C(=O)O)cs3)CC2=O)c(F)c1. The number of carbonyl (C=O) groups excluding carboxylic acids is 2. The highest BCUT2D eigenvalue weighted by molar-refractivity contribution is 7.09. The molecule has 2 aromatic rings. The number of rotatable bonds is 5. The van der Waals surface area contributed by atoms with E-state index in [9.17, 15) is 18.8 Å². The lowest BCUT2D eigenvalue weighted by atomic mass is 10.1. The van der Waals surface area contributed by atoms with Gasteiger partial charge in [-0.25, -0.2) is 14.2 Å². The van der Waals surface area contributed by atoms with E-state index in [0.29, 0.717) is 5.01 Å². The number of nitrogens with one attached hydrogen (secondary N) is 1. The fourth-order valence-corrected chi connectivity index (χ4v) is 3.45. The van der Waals surface area contributed by atoms with Crippen LogP contribution < -0.4 is 10.2 Å². The van der Waals surface area contributed by atoms with Gasteiger partial charge in [0, 0.05) is 18.3 Å². The second kappa shape index (κ2) is 7.20. The topological polar surface area (TPSA) is 99.6 Å². The molecule has 3 rings (SSSR count). The zero-order chi connectivity index (χ0) is 18.8. The standard InChI is InChI=1S/C17H16FN3O4S/c1-9-2-3-13(11(18)4-9)21-7-10(5-15(21)22)16(23)19-6-14-20-12(8-26-14)17(24)25/h2-4,8,10H,5-7H2,1H3,(H,19,23)(H,24,25)/t10-/m1/s1. The summed E-state index contributed by atoms with van der Waals surface area (Å²) in [6.07, 6.45) is -0.00258. The number of amides is 2. The monoisotopic (exact) mass is 377 g/mol. The first-order valence-corrected chi connectivity index (χ1v) is 8.75. The number of nitrogens with zero attached hydrogens (tertiary/aromatic N) is 2. The van der Waals surface area contributed by atoms with E-state index < -0.39 is 17.7 Å². The Labute approximate surface area is 152 Å². The molecule has 1 aromatic carbocycles. The lowest BCUT2D eigenvalue weighted by Gasteiger charge is -2.17. The van der Waals surface area contributed by atoms with Crippen LogP contribution in [0.25, 0.3) is 0 Å². The van der Waals surface area contributed by atoms with Crippen molar-refractivity contribution in [2.75, 3.05) is 11.4 Å². The number of carboxylic acids is 1. The fourth-order valence-electron chi connectivity index (χ4n) is 2.74. The van der Waals surface area contributed by atoms with E-state index in [0.717, 1.165) is 16.9 Å². The van der Waals surface area contributed by atoms with Crippen molar-refractivity contribution >= 4 is 34.8 Å². The Kier molecular flexibility index (Phi) is 4.99. The molecule has 1 aliphatic heterocycles. The largest absolute Gasteiger partial charge is 0.476 e. The smallest absolute Gasteiger partial charge is 0.355 e. The van der Waals surface area contributed by atoms with Crippen molar-refractivity contribution < 1.29 is 23.9 Å². The lowest BCUT2D eigenvalue weighted by Crippen LogP contribution is -2.32. The van der Waals surface area contributed by atoms with Gasteiger partial charge >= 0.3 is 5.97 Å². The third-order valence-electron chi connectivity index (χ3n) is 4.07. The molecule has 1 aromatic heterocycles. The first kappa shape index (κ1) is 18.0. The Morgan fingerprint density at radius 1 is 1.46 bits per heavy atom. The molecule has 1 aliphatic rings. The minimum absolute atomic E-state index is 0.00258. The molecule has 0 radical (unpaired) electrons. The van der Waals surface area contributed by atoms with E-state index in [1.807, 2.05) is 0 Å². The van der Waals surface area contributed by atoms with Gasteiger partial charge < -0.3 is 15.3 Å². The number of hydrogen-bond donors (Lipinski definition) is 2. The maximum atomic E-state index is 14.1. The predicted octanol–water partition coefficient (Wildman–Crippen LogP) is 1.96. The van der Waals surface area contributed by atoms with Crippen LogP contribution in [0.15, 0.2) is 23.6 Å². The van der Waals surface area contributed by atoms with Gasteiger partial charge in [0.05, 0.1) is 18.2 Å². The molecule has 136 valence electrons. The number of halogens is 1. The molecule has 1 saturated heterocycles. The van der Waals surface area contributed by atoms with Crippen molar-refractivity contribution in [3.63, 3.8) is 0 Å². The number of aromatic nitrogens is 1. The molecular weight excluding hydrogens is 361 g/mol. The number of carbonyl (C=O) groups is 3. The summed E-state index contributed by atoms with van der Waals surface area (Å²) in [6.45, 7) is 1.94. The van der Waals surface area contributed by atoms with E-state index in [4.69, 9.17) is 5.11 Å². The Morgan fingerprint density at radius 2 is 2.23 bits per heavy atom. The quantitative estimate of drug-likeness (QED) is 0.830. The summed E-state index contributed by atoms with van der Waals surface area (Å²) >= 11 is 1.13. The minimum atomic E-state index is -1.13.